The first kappa shape index (κ1) is 57.8. The molecule has 12 aromatic carbocycles. The zero-order valence-electron chi connectivity index (χ0n) is 51.5. The van der Waals surface area contributed by atoms with Crippen LogP contribution in [0.3, 0.4) is 0 Å². The smallest absolute Gasteiger partial charge is 0.164 e. The summed E-state index contributed by atoms with van der Waals surface area (Å²) in [5.41, 5.74) is 15.3. The summed E-state index contributed by atoms with van der Waals surface area (Å²) < 4.78 is 0. The van der Waals surface area contributed by atoms with Crippen LogP contribution in [0, 0.1) is 0 Å². The van der Waals surface area contributed by atoms with E-state index < -0.39 is 0 Å². The highest BCUT2D eigenvalue weighted by Gasteiger charge is 2.23. The topological polar surface area (TPSA) is 155 Å². The van der Waals surface area contributed by atoms with Crippen molar-refractivity contribution >= 4 is 0 Å². The van der Waals surface area contributed by atoms with E-state index in [2.05, 4.69) is 84.9 Å². The quantitative estimate of drug-likeness (QED) is 0.0959. The molecule has 16 aromatic rings. The maximum atomic E-state index is 5.29. The summed E-state index contributed by atoms with van der Waals surface area (Å²) in [6.07, 6.45) is 0. The molecule has 0 atom stereocenters. The van der Waals surface area contributed by atoms with Crippen LogP contribution < -0.4 is 0 Å². The van der Waals surface area contributed by atoms with E-state index in [1.54, 1.807) is 0 Å². The first-order valence-electron chi connectivity index (χ1n) is 31.5. The van der Waals surface area contributed by atoms with Gasteiger partial charge in [0.1, 0.15) is 0 Å². The highest BCUT2D eigenvalue weighted by Crippen LogP contribution is 2.43. The van der Waals surface area contributed by atoms with Crippen LogP contribution in [0.15, 0.2) is 328 Å². The molecule has 0 unspecified atom stereocenters. The molecule has 0 bridgehead atoms. The minimum Gasteiger partial charge on any atom is -0.208 e. The van der Waals surface area contributed by atoms with Crippen LogP contribution in [0.1, 0.15) is 0 Å². The molecule has 4 heterocycles. The lowest BCUT2D eigenvalue weighted by Gasteiger charge is -2.18. The third kappa shape index (κ3) is 12.2. The van der Waals surface area contributed by atoms with Crippen LogP contribution in [0.25, 0.3) is 170 Å². The summed E-state index contributed by atoms with van der Waals surface area (Å²) >= 11 is 0. The highest BCUT2D eigenvalue weighted by atomic mass is 15.1. The molecule has 0 fully saturated rings. The second kappa shape index (κ2) is 26.1. The normalized spacial score (nSPS) is 11.1. The molecule has 0 aliphatic rings. The van der Waals surface area contributed by atoms with Crippen molar-refractivity contribution in [3.63, 3.8) is 0 Å². The van der Waals surface area contributed by atoms with Gasteiger partial charge in [-0.25, -0.2) is 59.8 Å². The van der Waals surface area contributed by atoms with Crippen LogP contribution >= 0.6 is 0 Å². The lowest BCUT2D eigenvalue weighted by atomic mass is 9.87. The summed E-state index contributed by atoms with van der Waals surface area (Å²) in [7, 11) is 0. The predicted octanol–water partition coefficient (Wildman–Crippen LogP) is 19.4. The fourth-order valence-corrected chi connectivity index (χ4v) is 11.8. The lowest BCUT2D eigenvalue weighted by Crippen LogP contribution is -2.02. The number of benzene rings is 12. The SMILES string of the molecule is c1ccc(-c2nc(-c3ccccc3)nc(-c3cc(-c4nc(-c5ccccc5)nc(-c5ccccc5)n4)cc(-c4ccccc4-c4ccccc4-c4cc(-c5nc(-c6ccccc6)nc(-c6ccccc6)n5)cc(-c5nc(-c6ccccc6)nc(-c6ccccc6)n5)c4)c3)n2)cc1. The van der Waals surface area contributed by atoms with E-state index in [0.717, 1.165) is 100 Å². The Hall–Kier alpha value is -13.3. The first-order valence-corrected chi connectivity index (χ1v) is 31.5. The van der Waals surface area contributed by atoms with Crippen molar-refractivity contribution in [2.24, 2.45) is 0 Å². The van der Waals surface area contributed by atoms with E-state index in [0.29, 0.717) is 69.9 Å². The average molecular weight is 1230 g/mol. The number of hydrogen-bond donors (Lipinski definition) is 0. The van der Waals surface area contributed by atoms with Crippen molar-refractivity contribution in [2.45, 2.75) is 0 Å². The monoisotopic (exact) mass is 1230 g/mol. The Balaban J connectivity index is 0.924. The fourth-order valence-electron chi connectivity index (χ4n) is 11.8. The molecule has 0 aliphatic heterocycles. The van der Waals surface area contributed by atoms with E-state index >= 15 is 0 Å². The molecule has 450 valence electrons. The van der Waals surface area contributed by atoms with Crippen molar-refractivity contribution in [1.82, 2.24) is 59.8 Å². The Morgan fingerprint density at radius 1 is 0.104 bits per heavy atom. The molecule has 12 nitrogen and oxygen atoms in total. The zero-order valence-corrected chi connectivity index (χ0v) is 51.5. The zero-order chi connectivity index (χ0) is 64.0. The van der Waals surface area contributed by atoms with Gasteiger partial charge in [-0.15, -0.1) is 0 Å². The molecule has 0 spiro atoms. The molecular formula is C84H54N12. The summed E-state index contributed by atoms with van der Waals surface area (Å²) in [6, 6.07) is 110. The minimum atomic E-state index is 0.474. The van der Waals surface area contributed by atoms with Crippen molar-refractivity contribution in [2.75, 3.05) is 0 Å². The lowest BCUT2D eigenvalue weighted by molar-refractivity contribution is 1.07. The molecule has 0 radical (unpaired) electrons. The van der Waals surface area contributed by atoms with E-state index in [1.165, 1.54) is 0 Å². The highest BCUT2D eigenvalue weighted by molar-refractivity contribution is 5.95. The molecule has 4 aromatic heterocycles. The Bertz CT molecular complexity index is 4580. The van der Waals surface area contributed by atoms with Gasteiger partial charge >= 0.3 is 0 Å². The van der Waals surface area contributed by atoms with E-state index in [9.17, 15) is 0 Å². The van der Waals surface area contributed by atoms with Crippen LogP contribution in [0.2, 0.25) is 0 Å². The number of aromatic nitrogens is 12. The van der Waals surface area contributed by atoms with Crippen LogP contribution in [0.4, 0.5) is 0 Å². The van der Waals surface area contributed by atoms with Crippen LogP contribution in [-0.2, 0) is 0 Å². The molecular weight excluding hydrogens is 1180 g/mol. The fraction of sp³-hybridized carbons (Fsp3) is 0. The van der Waals surface area contributed by atoms with Gasteiger partial charge in [0, 0.05) is 66.8 Å². The van der Waals surface area contributed by atoms with Crippen molar-refractivity contribution in [3.05, 3.63) is 328 Å². The predicted molar refractivity (Wildman–Crippen MR) is 382 cm³/mol. The average Bonchev–Trinajstić information content (AvgIpc) is 0.785. The maximum Gasteiger partial charge on any atom is 0.164 e. The number of rotatable bonds is 15. The molecule has 0 amide bonds. The summed E-state index contributed by atoms with van der Waals surface area (Å²) in [6.45, 7) is 0. The van der Waals surface area contributed by atoms with Crippen LogP contribution in [0.5, 0.6) is 0 Å². The second-order valence-corrected chi connectivity index (χ2v) is 22.8. The van der Waals surface area contributed by atoms with Gasteiger partial charge in [0.15, 0.2) is 69.9 Å². The largest absolute Gasteiger partial charge is 0.208 e. The van der Waals surface area contributed by atoms with Crippen LogP contribution in [-0.4, -0.2) is 59.8 Å². The molecule has 0 saturated carbocycles. The molecule has 0 saturated heterocycles. The Morgan fingerprint density at radius 2 is 0.229 bits per heavy atom. The van der Waals surface area contributed by atoms with Gasteiger partial charge in [0.05, 0.1) is 0 Å². The van der Waals surface area contributed by atoms with Gasteiger partial charge in [-0.1, -0.05) is 291 Å². The summed E-state index contributed by atoms with van der Waals surface area (Å²) in [5.74, 6) is 6.19. The van der Waals surface area contributed by atoms with E-state index in [4.69, 9.17) is 59.8 Å². The minimum absolute atomic E-state index is 0.474. The molecule has 16 rings (SSSR count). The standard InChI is InChI=1S/C84H54N12/c1-9-29-55(30-10-1)73-85-74(56-31-11-2-12-32-56)90-81(89-73)65-49-63(50-66(53-65)82-91-75(57-33-13-3-14-34-57)86-76(92-82)58-35-15-4-16-36-58)69-45-25-27-47-71(69)72-48-28-26-46-70(72)64-51-67(83-93-77(59-37-17-5-18-38-59)87-78(94-83)60-39-19-6-20-40-60)54-68(52-64)84-95-79(61-41-21-7-22-42-61)88-80(96-84)62-43-23-8-24-44-62/h1-54H. The molecule has 96 heavy (non-hydrogen) atoms. The van der Waals surface area contributed by atoms with Gasteiger partial charge in [-0.3, -0.25) is 0 Å². The first-order chi connectivity index (χ1) is 47.5. The van der Waals surface area contributed by atoms with Gasteiger partial charge in [0.25, 0.3) is 0 Å². The summed E-state index contributed by atoms with van der Waals surface area (Å²) in [4.78, 5) is 62.7. The summed E-state index contributed by atoms with van der Waals surface area (Å²) in [5, 5.41) is 0. The third-order valence-electron chi connectivity index (χ3n) is 16.5. The van der Waals surface area contributed by atoms with Crippen molar-refractivity contribution in [3.8, 4) is 170 Å². The second-order valence-electron chi connectivity index (χ2n) is 22.8. The van der Waals surface area contributed by atoms with E-state index in [1.807, 2.05) is 243 Å². The van der Waals surface area contributed by atoms with Gasteiger partial charge in [-0.2, -0.15) is 0 Å². The number of nitrogens with zero attached hydrogens (tertiary/aromatic N) is 12. The van der Waals surface area contributed by atoms with Gasteiger partial charge in [-0.05, 0) is 69.8 Å². The third-order valence-corrected chi connectivity index (χ3v) is 16.5. The Morgan fingerprint density at radius 3 is 0.396 bits per heavy atom. The maximum absolute atomic E-state index is 5.29. The molecule has 0 N–H and O–H groups in total. The Labute approximate surface area is 554 Å². The Kier molecular flexibility index (Phi) is 15.7. The molecule has 0 aliphatic carbocycles. The van der Waals surface area contributed by atoms with Gasteiger partial charge < -0.3 is 0 Å². The van der Waals surface area contributed by atoms with Crippen molar-refractivity contribution in [1.29, 1.82) is 0 Å². The molecule has 12 heteroatoms. The number of hydrogen-bond acceptors (Lipinski definition) is 12. The van der Waals surface area contributed by atoms with E-state index in [-0.39, 0.29) is 0 Å². The van der Waals surface area contributed by atoms with Crippen molar-refractivity contribution < 1.29 is 0 Å². The van der Waals surface area contributed by atoms with Gasteiger partial charge in [0.2, 0.25) is 0 Å².